The molecule has 0 saturated heterocycles. The van der Waals surface area contributed by atoms with Crippen LogP contribution in [0.15, 0.2) is 18.2 Å². The Balaban J connectivity index is 2.80. The first kappa shape index (κ1) is 14.4. The maximum absolute atomic E-state index is 11.1. The zero-order chi connectivity index (χ0) is 13.7. The molecule has 0 aliphatic heterocycles. The summed E-state index contributed by atoms with van der Waals surface area (Å²) in [7, 11) is 1.26. The van der Waals surface area contributed by atoms with Gasteiger partial charge in [-0.05, 0) is 18.6 Å². The van der Waals surface area contributed by atoms with Gasteiger partial charge in [-0.15, -0.1) is 0 Å². The largest absolute Gasteiger partial charge is 0.485 e. The molecular formula is C11H12BrNO5. The van der Waals surface area contributed by atoms with Crippen molar-refractivity contribution >= 4 is 27.6 Å². The van der Waals surface area contributed by atoms with Crippen LogP contribution < -0.4 is 4.74 Å². The Hall–Kier alpha value is -1.63. The first-order valence-electron chi connectivity index (χ1n) is 5.05. The number of hydrogen-bond donors (Lipinski definition) is 0. The molecule has 0 heterocycles. The van der Waals surface area contributed by atoms with Crippen LogP contribution in [-0.4, -0.2) is 29.4 Å². The SMILES string of the molecule is COC(=O)C(Br)COc1cc(C)ccc1[N+](=O)[O-]. The lowest BCUT2D eigenvalue weighted by molar-refractivity contribution is -0.385. The van der Waals surface area contributed by atoms with E-state index in [1.54, 1.807) is 19.1 Å². The monoisotopic (exact) mass is 317 g/mol. The summed E-state index contributed by atoms with van der Waals surface area (Å²) >= 11 is 3.07. The molecule has 0 amide bonds. The van der Waals surface area contributed by atoms with Gasteiger partial charge in [0.2, 0.25) is 0 Å². The van der Waals surface area contributed by atoms with Crippen LogP contribution in [0.2, 0.25) is 0 Å². The van der Waals surface area contributed by atoms with Gasteiger partial charge in [0, 0.05) is 6.07 Å². The minimum Gasteiger partial charge on any atom is -0.485 e. The van der Waals surface area contributed by atoms with Crippen molar-refractivity contribution in [2.75, 3.05) is 13.7 Å². The van der Waals surface area contributed by atoms with Crippen molar-refractivity contribution in [2.45, 2.75) is 11.8 Å². The standard InChI is InChI=1S/C11H12BrNO5/c1-7-3-4-9(13(15)16)10(5-7)18-6-8(12)11(14)17-2/h3-5,8H,6H2,1-2H3. The highest BCUT2D eigenvalue weighted by Gasteiger charge is 2.20. The van der Waals surface area contributed by atoms with E-state index in [0.29, 0.717) is 0 Å². The summed E-state index contributed by atoms with van der Waals surface area (Å²) in [5.74, 6) is -0.362. The highest BCUT2D eigenvalue weighted by molar-refractivity contribution is 9.10. The lowest BCUT2D eigenvalue weighted by Gasteiger charge is -2.10. The van der Waals surface area contributed by atoms with Crippen LogP contribution in [-0.2, 0) is 9.53 Å². The maximum Gasteiger partial charge on any atom is 0.322 e. The van der Waals surface area contributed by atoms with Crippen molar-refractivity contribution in [2.24, 2.45) is 0 Å². The van der Waals surface area contributed by atoms with E-state index < -0.39 is 15.7 Å². The fourth-order valence-electron chi connectivity index (χ4n) is 1.25. The number of methoxy groups -OCH3 is 1. The second-order valence-electron chi connectivity index (χ2n) is 3.53. The van der Waals surface area contributed by atoms with Crippen LogP contribution in [0.25, 0.3) is 0 Å². The molecule has 0 aliphatic carbocycles. The first-order valence-corrected chi connectivity index (χ1v) is 5.97. The summed E-state index contributed by atoms with van der Waals surface area (Å²) in [6, 6.07) is 4.54. The van der Waals surface area contributed by atoms with E-state index in [1.165, 1.54) is 13.2 Å². The van der Waals surface area contributed by atoms with Gasteiger partial charge in [0.15, 0.2) is 5.75 Å². The third-order valence-electron chi connectivity index (χ3n) is 2.15. The fourth-order valence-corrected chi connectivity index (χ4v) is 1.57. The number of nitro groups is 1. The minimum atomic E-state index is -0.664. The quantitative estimate of drug-likeness (QED) is 0.360. The first-order chi connectivity index (χ1) is 8.45. The number of halogens is 1. The van der Waals surface area contributed by atoms with E-state index >= 15 is 0 Å². The lowest BCUT2D eigenvalue weighted by Crippen LogP contribution is -2.23. The van der Waals surface area contributed by atoms with Gasteiger partial charge in [-0.3, -0.25) is 14.9 Å². The summed E-state index contributed by atoms with van der Waals surface area (Å²) in [5, 5.41) is 10.8. The second-order valence-corrected chi connectivity index (χ2v) is 4.64. The second kappa shape index (κ2) is 6.34. The van der Waals surface area contributed by atoms with Gasteiger partial charge in [-0.2, -0.15) is 0 Å². The molecule has 0 bridgehead atoms. The normalized spacial score (nSPS) is 11.7. The number of carbonyl (C=O) groups is 1. The Morgan fingerprint density at radius 1 is 1.56 bits per heavy atom. The highest BCUT2D eigenvalue weighted by Crippen LogP contribution is 2.28. The molecule has 0 N–H and O–H groups in total. The van der Waals surface area contributed by atoms with Crippen LogP contribution in [0.4, 0.5) is 5.69 Å². The van der Waals surface area contributed by atoms with E-state index in [2.05, 4.69) is 20.7 Å². The number of carbonyl (C=O) groups excluding carboxylic acids is 1. The number of esters is 1. The molecule has 7 heteroatoms. The molecule has 98 valence electrons. The predicted molar refractivity (Wildman–Crippen MR) is 68.1 cm³/mol. The van der Waals surface area contributed by atoms with Crippen LogP contribution in [0, 0.1) is 17.0 Å². The van der Waals surface area contributed by atoms with Crippen molar-refractivity contribution in [3.8, 4) is 5.75 Å². The average molecular weight is 318 g/mol. The van der Waals surface area contributed by atoms with Crippen LogP contribution in [0.5, 0.6) is 5.75 Å². The van der Waals surface area contributed by atoms with Crippen molar-refractivity contribution in [3.63, 3.8) is 0 Å². The van der Waals surface area contributed by atoms with Gasteiger partial charge in [0.05, 0.1) is 12.0 Å². The van der Waals surface area contributed by atoms with E-state index in [-0.39, 0.29) is 18.0 Å². The Bertz CT molecular complexity index is 463. The highest BCUT2D eigenvalue weighted by atomic mass is 79.9. The number of rotatable bonds is 5. The van der Waals surface area contributed by atoms with Crippen molar-refractivity contribution in [1.82, 2.24) is 0 Å². The van der Waals surface area contributed by atoms with Crippen molar-refractivity contribution in [1.29, 1.82) is 0 Å². The molecular weight excluding hydrogens is 306 g/mol. The van der Waals surface area contributed by atoms with Gasteiger partial charge in [-0.25, -0.2) is 0 Å². The van der Waals surface area contributed by atoms with E-state index in [1.807, 2.05) is 0 Å². The smallest absolute Gasteiger partial charge is 0.322 e. The van der Waals surface area contributed by atoms with Gasteiger partial charge >= 0.3 is 11.7 Å². The summed E-state index contributed by atoms with van der Waals surface area (Å²) < 4.78 is 9.78. The maximum atomic E-state index is 11.1. The molecule has 1 aromatic carbocycles. The Kier molecular flexibility index (Phi) is 5.08. The van der Waals surface area contributed by atoms with Gasteiger partial charge in [-0.1, -0.05) is 22.0 Å². The number of alkyl halides is 1. The van der Waals surface area contributed by atoms with Crippen molar-refractivity contribution < 1.29 is 19.2 Å². The average Bonchev–Trinajstić information content (AvgIpc) is 2.34. The Labute approximate surface area is 112 Å². The summed E-state index contributed by atoms with van der Waals surface area (Å²) in [5.41, 5.74) is 0.699. The van der Waals surface area contributed by atoms with E-state index in [9.17, 15) is 14.9 Å². The summed E-state index contributed by atoms with van der Waals surface area (Å²) in [6.07, 6.45) is 0. The molecule has 1 aromatic rings. The predicted octanol–water partition coefficient (Wildman–Crippen LogP) is 2.22. The number of nitrogens with zero attached hydrogens (tertiary/aromatic N) is 1. The summed E-state index contributed by atoms with van der Waals surface area (Å²) in [6.45, 7) is 1.75. The third-order valence-corrected chi connectivity index (χ3v) is 2.79. The van der Waals surface area contributed by atoms with E-state index in [0.717, 1.165) is 5.56 Å². The molecule has 1 atom stereocenters. The molecule has 1 unspecified atom stereocenters. The van der Waals surface area contributed by atoms with Crippen LogP contribution in [0.3, 0.4) is 0 Å². The molecule has 0 spiro atoms. The number of nitro benzene ring substituents is 1. The fraction of sp³-hybridized carbons (Fsp3) is 0.364. The zero-order valence-corrected chi connectivity index (χ0v) is 11.5. The lowest BCUT2D eigenvalue weighted by atomic mass is 10.2. The zero-order valence-electron chi connectivity index (χ0n) is 9.88. The van der Waals surface area contributed by atoms with Crippen molar-refractivity contribution in [3.05, 3.63) is 33.9 Å². The molecule has 1 rings (SSSR count). The number of hydrogen-bond acceptors (Lipinski definition) is 5. The van der Waals surface area contributed by atoms with Gasteiger partial charge < -0.3 is 9.47 Å². The summed E-state index contributed by atoms with van der Waals surface area (Å²) in [4.78, 5) is 20.7. The molecule has 0 aromatic heterocycles. The molecule has 0 aliphatic rings. The number of aryl methyl sites for hydroxylation is 1. The molecule has 0 fully saturated rings. The Morgan fingerprint density at radius 2 is 2.22 bits per heavy atom. The van der Waals surface area contributed by atoms with Gasteiger partial charge in [0.1, 0.15) is 11.4 Å². The van der Waals surface area contributed by atoms with E-state index in [4.69, 9.17) is 4.74 Å². The van der Waals surface area contributed by atoms with Crippen LogP contribution in [0.1, 0.15) is 5.56 Å². The Morgan fingerprint density at radius 3 is 2.78 bits per heavy atom. The molecule has 6 nitrogen and oxygen atoms in total. The molecule has 18 heavy (non-hydrogen) atoms. The molecule has 0 saturated carbocycles. The van der Waals surface area contributed by atoms with Crippen LogP contribution >= 0.6 is 15.9 Å². The number of benzene rings is 1. The minimum absolute atomic E-state index is 0.0447. The third kappa shape index (κ3) is 3.69. The molecule has 0 radical (unpaired) electrons. The number of ether oxygens (including phenoxy) is 2. The van der Waals surface area contributed by atoms with Gasteiger partial charge in [0.25, 0.3) is 0 Å². The topological polar surface area (TPSA) is 78.7 Å².